The molecule has 0 bridgehead atoms. The van der Waals surface area contributed by atoms with Crippen molar-refractivity contribution in [3.63, 3.8) is 0 Å². The molecule has 1 atom stereocenters. The zero-order chi connectivity index (χ0) is 19.0. The van der Waals surface area contributed by atoms with Crippen LogP contribution >= 0.6 is 0 Å². The van der Waals surface area contributed by atoms with Crippen molar-refractivity contribution in [2.24, 2.45) is 0 Å². The molecule has 0 aromatic carbocycles. The predicted octanol–water partition coefficient (Wildman–Crippen LogP) is 1.75. The number of amides is 2. The van der Waals surface area contributed by atoms with Crippen LogP contribution in [-0.2, 0) is 0 Å². The molecule has 1 aliphatic heterocycles. The van der Waals surface area contributed by atoms with Crippen LogP contribution in [0.5, 0.6) is 0 Å². The van der Waals surface area contributed by atoms with Gasteiger partial charge in [-0.05, 0) is 39.5 Å². The third-order valence-corrected chi connectivity index (χ3v) is 4.93. The van der Waals surface area contributed by atoms with Crippen molar-refractivity contribution < 1.29 is 9.59 Å². The Balaban J connectivity index is 1.64. The van der Waals surface area contributed by atoms with Gasteiger partial charge < -0.3 is 10.2 Å². The normalized spacial score (nSPS) is 19.2. The van der Waals surface area contributed by atoms with Crippen molar-refractivity contribution in [1.29, 1.82) is 0 Å². The van der Waals surface area contributed by atoms with Gasteiger partial charge in [-0.2, -0.15) is 0 Å². The highest BCUT2D eigenvalue weighted by Gasteiger charge is 2.36. The fraction of sp³-hybridized carbons (Fsp3) is 0.474. The molecule has 2 aromatic heterocycles. The Hall–Kier alpha value is -2.90. The van der Waals surface area contributed by atoms with Gasteiger partial charge >= 0.3 is 0 Å². The van der Waals surface area contributed by atoms with Crippen molar-refractivity contribution in [2.75, 3.05) is 6.54 Å². The Bertz CT molecular complexity index is 878. The van der Waals surface area contributed by atoms with Gasteiger partial charge in [-0.25, -0.2) is 15.0 Å². The molecule has 8 heteroatoms. The molecule has 140 valence electrons. The first-order chi connectivity index (χ1) is 13.0. The molecule has 1 saturated carbocycles. The average Bonchev–Trinajstić information content (AvgIpc) is 3.33. The lowest BCUT2D eigenvalue weighted by Crippen LogP contribution is -2.34. The number of likely N-dealkylation sites (tertiary alicyclic amines) is 1. The topological polar surface area (TPSA) is 101 Å². The Morgan fingerprint density at radius 3 is 2.59 bits per heavy atom. The third-order valence-electron chi connectivity index (χ3n) is 4.93. The van der Waals surface area contributed by atoms with Crippen molar-refractivity contribution in [2.45, 2.75) is 51.6 Å². The highest BCUT2D eigenvalue weighted by Crippen LogP contribution is 2.34. The number of nitrogens with zero attached hydrogens (tertiary/aromatic N) is 5. The van der Waals surface area contributed by atoms with Crippen LogP contribution in [0.2, 0.25) is 0 Å². The highest BCUT2D eigenvalue weighted by molar-refractivity contribution is 5.96. The van der Waals surface area contributed by atoms with Gasteiger partial charge in [-0.3, -0.25) is 14.6 Å². The third kappa shape index (κ3) is 3.65. The maximum Gasteiger partial charge on any atom is 0.274 e. The van der Waals surface area contributed by atoms with Crippen LogP contribution in [0.1, 0.15) is 69.8 Å². The minimum atomic E-state index is -0.262. The Kier molecular flexibility index (Phi) is 4.55. The Labute approximate surface area is 157 Å². The van der Waals surface area contributed by atoms with Gasteiger partial charge in [0.05, 0.1) is 29.2 Å². The quantitative estimate of drug-likeness (QED) is 0.885. The van der Waals surface area contributed by atoms with E-state index in [-0.39, 0.29) is 23.9 Å². The summed E-state index contributed by atoms with van der Waals surface area (Å²) in [5, 5.41) is 2.99. The maximum absolute atomic E-state index is 13.0. The number of nitrogens with one attached hydrogen (secondary N) is 1. The molecular weight excluding hydrogens is 344 g/mol. The summed E-state index contributed by atoms with van der Waals surface area (Å²) in [7, 11) is 0. The molecule has 2 aliphatic rings. The molecular formula is C19H22N6O2. The first-order valence-corrected chi connectivity index (χ1v) is 9.27. The Morgan fingerprint density at radius 1 is 1.07 bits per heavy atom. The molecule has 0 spiro atoms. The fourth-order valence-corrected chi connectivity index (χ4v) is 3.35. The van der Waals surface area contributed by atoms with E-state index in [9.17, 15) is 9.59 Å². The molecule has 1 aliphatic carbocycles. The van der Waals surface area contributed by atoms with Crippen molar-refractivity contribution >= 4 is 11.8 Å². The standard InChI is InChI=1S/C19H22N6O2/c1-11-8-22-15(10-20-11)19(27)25-7-3-4-16(25)17-14(9-21-12(2)23-17)18(26)24-13-5-6-13/h8-10,13,16H,3-7H2,1-2H3,(H,24,26)/t16-/m0/s1. The zero-order valence-electron chi connectivity index (χ0n) is 15.5. The van der Waals surface area contributed by atoms with E-state index in [0.29, 0.717) is 29.3 Å². The number of hydrogen-bond acceptors (Lipinski definition) is 6. The van der Waals surface area contributed by atoms with Crippen LogP contribution in [0.3, 0.4) is 0 Å². The predicted molar refractivity (Wildman–Crippen MR) is 97.0 cm³/mol. The number of hydrogen-bond donors (Lipinski definition) is 1. The van der Waals surface area contributed by atoms with Gasteiger partial charge in [0.2, 0.25) is 0 Å². The minimum Gasteiger partial charge on any atom is -0.349 e. The van der Waals surface area contributed by atoms with Crippen LogP contribution in [0.15, 0.2) is 18.6 Å². The molecule has 8 nitrogen and oxygen atoms in total. The molecule has 1 N–H and O–H groups in total. The number of carbonyl (C=O) groups is 2. The van der Waals surface area contributed by atoms with E-state index in [2.05, 4.69) is 25.3 Å². The lowest BCUT2D eigenvalue weighted by molar-refractivity contribution is 0.0722. The van der Waals surface area contributed by atoms with Gasteiger partial charge in [0.25, 0.3) is 11.8 Å². The van der Waals surface area contributed by atoms with Crippen molar-refractivity contribution in [1.82, 2.24) is 30.2 Å². The first-order valence-electron chi connectivity index (χ1n) is 9.27. The smallest absolute Gasteiger partial charge is 0.274 e. The monoisotopic (exact) mass is 366 g/mol. The summed E-state index contributed by atoms with van der Waals surface area (Å²) in [4.78, 5) is 44.5. The summed E-state index contributed by atoms with van der Waals surface area (Å²) in [5.74, 6) is 0.235. The summed E-state index contributed by atoms with van der Waals surface area (Å²) in [6.45, 7) is 4.22. The number of aromatic nitrogens is 4. The van der Waals surface area contributed by atoms with Crippen molar-refractivity contribution in [3.8, 4) is 0 Å². The van der Waals surface area contributed by atoms with E-state index in [1.54, 1.807) is 24.2 Å². The highest BCUT2D eigenvalue weighted by atomic mass is 16.2. The molecule has 2 aromatic rings. The summed E-state index contributed by atoms with van der Waals surface area (Å²) in [6.07, 6.45) is 8.28. The molecule has 2 fully saturated rings. The summed E-state index contributed by atoms with van der Waals surface area (Å²) in [5.41, 5.74) is 2.14. The second-order valence-electron chi connectivity index (χ2n) is 7.16. The molecule has 4 rings (SSSR count). The van der Waals surface area contributed by atoms with E-state index in [1.165, 1.54) is 6.20 Å². The molecule has 27 heavy (non-hydrogen) atoms. The fourth-order valence-electron chi connectivity index (χ4n) is 3.35. The van der Waals surface area contributed by atoms with E-state index < -0.39 is 0 Å². The molecule has 3 heterocycles. The van der Waals surface area contributed by atoms with Gasteiger partial charge in [0, 0.05) is 25.0 Å². The number of aryl methyl sites for hydroxylation is 2. The van der Waals surface area contributed by atoms with Crippen molar-refractivity contribution in [3.05, 3.63) is 47.1 Å². The van der Waals surface area contributed by atoms with Crippen LogP contribution < -0.4 is 5.32 Å². The average molecular weight is 366 g/mol. The van der Waals surface area contributed by atoms with E-state index in [0.717, 1.165) is 31.4 Å². The zero-order valence-corrected chi connectivity index (χ0v) is 15.5. The lowest BCUT2D eigenvalue weighted by atomic mass is 10.0. The van der Waals surface area contributed by atoms with Crippen LogP contribution in [0.4, 0.5) is 0 Å². The first kappa shape index (κ1) is 17.5. The lowest BCUT2D eigenvalue weighted by Gasteiger charge is -2.25. The van der Waals surface area contributed by atoms with E-state index in [1.807, 2.05) is 6.92 Å². The number of carbonyl (C=O) groups excluding carboxylic acids is 2. The number of rotatable bonds is 4. The van der Waals surface area contributed by atoms with Gasteiger partial charge in [-0.1, -0.05) is 0 Å². The second kappa shape index (κ2) is 7.02. The molecule has 2 amide bonds. The summed E-state index contributed by atoms with van der Waals surface area (Å²) in [6, 6.07) is -0.0157. The molecule has 1 saturated heterocycles. The summed E-state index contributed by atoms with van der Waals surface area (Å²) < 4.78 is 0. The Morgan fingerprint density at radius 2 is 1.89 bits per heavy atom. The van der Waals surface area contributed by atoms with Gasteiger partial charge in [-0.15, -0.1) is 0 Å². The van der Waals surface area contributed by atoms with Gasteiger partial charge in [0.15, 0.2) is 0 Å². The molecule has 0 radical (unpaired) electrons. The minimum absolute atomic E-state index is 0.165. The van der Waals surface area contributed by atoms with Crippen LogP contribution in [-0.4, -0.2) is 49.2 Å². The summed E-state index contributed by atoms with van der Waals surface area (Å²) >= 11 is 0. The second-order valence-corrected chi connectivity index (χ2v) is 7.16. The van der Waals surface area contributed by atoms with Crippen LogP contribution in [0, 0.1) is 13.8 Å². The van der Waals surface area contributed by atoms with Crippen LogP contribution in [0.25, 0.3) is 0 Å². The maximum atomic E-state index is 13.0. The van der Waals surface area contributed by atoms with Gasteiger partial charge in [0.1, 0.15) is 11.5 Å². The largest absolute Gasteiger partial charge is 0.349 e. The van der Waals surface area contributed by atoms with E-state index in [4.69, 9.17) is 0 Å². The van der Waals surface area contributed by atoms with E-state index >= 15 is 0 Å². The SMILES string of the molecule is Cc1cnc(C(=O)N2CCC[C@H]2c2nc(C)ncc2C(=O)NC2CC2)cn1. The molecule has 0 unspecified atom stereocenters.